The molecule has 146 valence electrons. The Morgan fingerprint density at radius 2 is 1.79 bits per heavy atom. The Morgan fingerprint density at radius 3 is 2.62 bits per heavy atom. The van der Waals surface area contributed by atoms with Crippen molar-refractivity contribution in [1.29, 1.82) is 0 Å². The van der Waals surface area contributed by atoms with Gasteiger partial charge < -0.3 is 4.74 Å². The van der Waals surface area contributed by atoms with Crippen LogP contribution >= 0.6 is 11.8 Å². The summed E-state index contributed by atoms with van der Waals surface area (Å²) in [5.74, 6) is 1.54. The van der Waals surface area contributed by atoms with E-state index in [0.29, 0.717) is 11.9 Å². The van der Waals surface area contributed by atoms with Crippen molar-refractivity contribution in [3.05, 3.63) is 99.8 Å². The van der Waals surface area contributed by atoms with Gasteiger partial charge in [0.15, 0.2) is 5.16 Å². The van der Waals surface area contributed by atoms with Crippen LogP contribution in [0.1, 0.15) is 16.7 Å². The molecule has 1 heterocycles. The average Bonchev–Trinajstić information content (AvgIpc) is 2.75. The summed E-state index contributed by atoms with van der Waals surface area (Å²) in [4.78, 5) is 18.1. The molecule has 0 atom stereocenters. The quantitative estimate of drug-likeness (QED) is 0.334. The summed E-state index contributed by atoms with van der Waals surface area (Å²) >= 11 is 1.59. The van der Waals surface area contributed by atoms with Crippen LogP contribution in [0.2, 0.25) is 0 Å². The fourth-order valence-corrected chi connectivity index (χ4v) is 4.34. The van der Waals surface area contributed by atoms with Crippen LogP contribution in [0.25, 0.3) is 10.9 Å². The molecule has 0 radical (unpaired) electrons. The number of para-hydroxylation sites is 1. The monoisotopic (exact) mass is 402 g/mol. The minimum Gasteiger partial charge on any atom is -0.497 e. The number of methoxy groups -OCH3 is 1. The molecule has 4 aromatic rings. The minimum atomic E-state index is -0.0225. The van der Waals surface area contributed by atoms with Crippen LogP contribution in [0.3, 0.4) is 0 Å². The van der Waals surface area contributed by atoms with E-state index in [2.05, 4.69) is 19.1 Å². The lowest BCUT2D eigenvalue weighted by Gasteiger charge is -2.14. The van der Waals surface area contributed by atoms with Crippen molar-refractivity contribution in [2.45, 2.75) is 24.4 Å². The number of aryl methyl sites for hydroxylation is 1. The first kappa shape index (κ1) is 19.3. The van der Waals surface area contributed by atoms with Gasteiger partial charge in [0.25, 0.3) is 5.56 Å². The molecule has 0 fully saturated rings. The zero-order chi connectivity index (χ0) is 20.2. The Balaban J connectivity index is 1.75. The van der Waals surface area contributed by atoms with E-state index in [0.717, 1.165) is 27.7 Å². The SMILES string of the molecule is COc1cccc(Cn2c(SCc3ccccc3C)nc3ccccc3c2=O)c1. The zero-order valence-electron chi connectivity index (χ0n) is 16.5. The molecule has 5 heteroatoms. The van der Waals surface area contributed by atoms with E-state index >= 15 is 0 Å². The zero-order valence-corrected chi connectivity index (χ0v) is 17.3. The van der Waals surface area contributed by atoms with Gasteiger partial charge in [0.2, 0.25) is 0 Å². The van der Waals surface area contributed by atoms with Crippen molar-refractivity contribution in [2.75, 3.05) is 7.11 Å². The molecule has 0 spiro atoms. The van der Waals surface area contributed by atoms with E-state index in [1.165, 1.54) is 11.1 Å². The number of rotatable bonds is 6. The predicted molar refractivity (Wildman–Crippen MR) is 119 cm³/mol. The maximum Gasteiger partial charge on any atom is 0.262 e. The molecule has 4 rings (SSSR count). The molecular formula is C24H22N2O2S. The highest BCUT2D eigenvalue weighted by atomic mass is 32.2. The molecule has 3 aromatic carbocycles. The number of ether oxygens (including phenoxy) is 1. The molecule has 0 amide bonds. The van der Waals surface area contributed by atoms with Crippen LogP contribution in [-0.4, -0.2) is 16.7 Å². The summed E-state index contributed by atoms with van der Waals surface area (Å²) in [6.07, 6.45) is 0. The van der Waals surface area contributed by atoms with E-state index in [1.807, 2.05) is 60.7 Å². The normalized spacial score (nSPS) is 11.0. The highest BCUT2D eigenvalue weighted by molar-refractivity contribution is 7.98. The number of aromatic nitrogens is 2. The van der Waals surface area contributed by atoms with Crippen LogP contribution in [0.15, 0.2) is 82.7 Å². The number of hydrogen-bond acceptors (Lipinski definition) is 4. The Kier molecular flexibility index (Phi) is 5.67. The van der Waals surface area contributed by atoms with E-state index in [-0.39, 0.29) is 5.56 Å². The van der Waals surface area contributed by atoms with Crippen LogP contribution in [-0.2, 0) is 12.3 Å². The van der Waals surface area contributed by atoms with Gasteiger partial charge in [-0.25, -0.2) is 4.98 Å². The van der Waals surface area contributed by atoms with Gasteiger partial charge in [-0.1, -0.05) is 60.3 Å². The highest BCUT2D eigenvalue weighted by Gasteiger charge is 2.13. The lowest BCUT2D eigenvalue weighted by molar-refractivity contribution is 0.414. The van der Waals surface area contributed by atoms with Gasteiger partial charge in [-0.2, -0.15) is 0 Å². The molecule has 0 saturated heterocycles. The highest BCUT2D eigenvalue weighted by Crippen LogP contribution is 2.25. The molecule has 29 heavy (non-hydrogen) atoms. The molecule has 0 aliphatic carbocycles. The first-order valence-corrected chi connectivity index (χ1v) is 10.4. The van der Waals surface area contributed by atoms with E-state index in [4.69, 9.17) is 9.72 Å². The van der Waals surface area contributed by atoms with Gasteiger partial charge in [0, 0.05) is 5.75 Å². The smallest absolute Gasteiger partial charge is 0.262 e. The number of fused-ring (bicyclic) bond motifs is 1. The third-order valence-corrected chi connectivity index (χ3v) is 5.94. The fourth-order valence-electron chi connectivity index (χ4n) is 3.26. The topological polar surface area (TPSA) is 44.1 Å². The van der Waals surface area contributed by atoms with Crippen molar-refractivity contribution >= 4 is 22.7 Å². The number of nitrogens with zero attached hydrogens (tertiary/aromatic N) is 2. The van der Waals surface area contributed by atoms with Gasteiger partial charge in [0.05, 0.1) is 24.6 Å². The first-order valence-electron chi connectivity index (χ1n) is 9.45. The van der Waals surface area contributed by atoms with Crippen molar-refractivity contribution in [3.8, 4) is 5.75 Å². The molecule has 0 saturated carbocycles. The molecule has 0 aliphatic rings. The van der Waals surface area contributed by atoms with Gasteiger partial charge in [0.1, 0.15) is 5.75 Å². The summed E-state index contributed by atoms with van der Waals surface area (Å²) in [5.41, 5.74) is 4.19. The maximum atomic E-state index is 13.3. The summed E-state index contributed by atoms with van der Waals surface area (Å²) in [6.45, 7) is 2.55. The van der Waals surface area contributed by atoms with Gasteiger partial charge in [-0.15, -0.1) is 0 Å². The first-order chi connectivity index (χ1) is 14.2. The number of thioether (sulfide) groups is 1. The van der Waals surface area contributed by atoms with Gasteiger partial charge >= 0.3 is 0 Å². The Hall–Kier alpha value is -3.05. The third kappa shape index (κ3) is 4.20. The van der Waals surface area contributed by atoms with Crippen LogP contribution in [0, 0.1) is 6.92 Å². The Bertz CT molecular complexity index is 1220. The van der Waals surface area contributed by atoms with Crippen LogP contribution in [0.5, 0.6) is 5.75 Å². The second-order valence-electron chi connectivity index (χ2n) is 6.87. The Morgan fingerprint density at radius 1 is 1.00 bits per heavy atom. The van der Waals surface area contributed by atoms with Gasteiger partial charge in [-0.05, 0) is 47.9 Å². The number of benzene rings is 3. The van der Waals surface area contributed by atoms with Crippen LogP contribution in [0.4, 0.5) is 0 Å². The second kappa shape index (κ2) is 8.53. The van der Waals surface area contributed by atoms with Crippen molar-refractivity contribution in [3.63, 3.8) is 0 Å². The van der Waals surface area contributed by atoms with Crippen molar-refractivity contribution < 1.29 is 4.74 Å². The molecular weight excluding hydrogens is 380 g/mol. The van der Waals surface area contributed by atoms with Crippen molar-refractivity contribution in [1.82, 2.24) is 9.55 Å². The van der Waals surface area contributed by atoms with Crippen molar-refractivity contribution in [2.24, 2.45) is 0 Å². The van der Waals surface area contributed by atoms with Crippen LogP contribution < -0.4 is 10.3 Å². The van der Waals surface area contributed by atoms with Gasteiger partial charge in [-0.3, -0.25) is 9.36 Å². The summed E-state index contributed by atoms with van der Waals surface area (Å²) in [6, 6.07) is 23.6. The molecule has 0 bridgehead atoms. The lowest BCUT2D eigenvalue weighted by Crippen LogP contribution is -2.24. The molecule has 0 N–H and O–H groups in total. The number of hydrogen-bond donors (Lipinski definition) is 0. The van der Waals surface area contributed by atoms with E-state index < -0.39 is 0 Å². The average molecular weight is 403 g/mol. The third-order valence-electron chi connectivity index (χ3n) is 4.92. The molecule has 0 unspecified atom stereocenters. The minimum absolute atomic E-state index is 0.0225. The maximum absolute atomic E-state index is 13.3. The Labute approximate surface area is 174 Å². The second-order valence-corrected chi connectivity index (χ2v) is 7.81. The van der Waals surface area contributed by atoms with E-state index in [1.54, 1.807) is 23.4 Å². The summed E-state index contributed by atoms with van der Waals surface area (Å²) in [7, 11) is 1.65. The largest absolute Gasteiger partial charge is 0.497 e. The standard InChI is InChI=1S/C24H22N2O2S/c1-17-8-3-4-10-19(17)16-29-24-25-22-13-6-5-12-21(22)23(27)26(24)15-18-9-7-11-20(14-18)28-2/h3-14H,15-16H2,1-2H3. The fraction of sp³-hybridized carbons (Fsp3) is 0.167. The summed E-state index contributed by atoms with van der Waals surface area (Å²) in [5, 5.41) is 1.36. The molecule has 0 aliphatic heterocycles. The molecule has 4 nitrogen and oxygen atoms in total. The predicted octanol–water partition coefficient (Wildman–Crippen LogP) is 5.05. The lowest BCUT2D eigenvalue weighted by atomic mass is 10.1. The molecule has 1 aromatic heterocycles. The van der Waals surface area contributed by atoms with E-state index in [9.17, 15) is 4.79 Å². The summed E-state index contributed by atoms with van der Waals surface area (Å²) < 4.78 is 7.10.